The Morgan fingerprint density at radius 2 is 1.73 bits per heavy atom. The molecule has 1 heterocycles. The fraction of sp³-hybridized carbons (Fsp3) is 0.167. The first kappa shape index (κ1) is 9.65. The SMILES string of the molecule is O=C1CC=C(c2ccccc2)CC(=O)N1. The maximum atomic E-state index is 11.3. The predicted octanol–water partition coefficient (Wildman–Crippen LogP) is 1.51. The maximum absolute atomic E-state index is 11.3. The summed E-state index contributed by atoms with van der Waals surface area (Å²) in [5.41, 5.74) is 1.92. The van der Waals surface area contributed by atoms with Gasteiger partial charge in [0.2, 0.25) is 11.8 Å². The van der Waals surface area contributed by atoms with Crippen LogP contribution in [-0.2, 0) is 9.59 Å². The van der Waals surface area contributed by atoms with E-state index in [9.17, 15) is 9.59 Å². The quantitative estimate of drug-likeness (QED) is 0.700. The summed E-state index contributed by atoms with van der Waals surface area (Å²) < 4.78 is 0. The molecule has 3 nitrogen and oxygen atoms in total. The summed E-state index contributed by atoms with van der Waals surface area (Å²) in [7, 11) is 0. The molecule has 0 fully saturated rings. The van der Waals surface area contributed by atoms with E-state index in [1.807, 2.05) is 36.4 Å². The number of amides is 2. The highest BCUT2D eigenvalue weighted by Crippen LogP contribution is 2.20. The van der Waals surface area contributed by atoms with Crippen molar-refractivity contribution < 1.29 is 9.59 Å². The summed E-state index contributed by atoms with van der Waals surface area (Å²) in [6.07, 6.45) is 2.36. The molecule has 0 spiro atoms. The molecule has 0 saturated carbocycles. The number of imide groups is 1. The van der Waals surface area contributed by atoms with Gasteiger partial charge in [0.1, 0.15) is 0 Å². The lowest BCUT2D eigenvalue weighted by molar-refractivity contribution is -0.129. The molecule has 0 aromatic heterocycles. The fourth-order valence-corrected chi connectivity index (χ4v) is 1.58. The van der Waals surface area contributed by atoms with Crippen LogP contribution in [0.2, 0.25) is 0 Å². The number of rotatable bonds is 1. The van der Waals surface area contributed by atoms with Gasteiger partial charge in [0.25, 0.3) is 0 Å². The van der Waals surface area contributed by atoms with Crippen molar-refractivity contribution in [2.45, 2.75) is 12.8 Å². The third-order valence-electron chi connectivity index (χ3n) is 2.31. The first-order valence-corrected chi connectivity index (χ1v) is 4.83. The van der Waals surface area contributed by atoms with E-state index in [2.05, 4.69) is 5.32 Å². The van der Waals surface area contributed by atoms with Crippen LogP contribution in [0, 0.1) is 0 Å². The first-order chi connectivity index (χ1) is 7.25. The third-order valence-corrected chi connectivity index (χ3v) is 2.31. The van der Waals surface area contributed by atoms with Gasteiger partial charge in [-0.05, 0) is 11.1 Å². The Bertz CT molecular complexity index is 421. The number of hydrogen-bond acceptors (Lipinski definition) is 2. The van der Waals surface area contributed by atoms with Crippen LogP contribution in [-0.4, -0.2) is 11.8 Å². The van der Waals surface area contributed by atoms with Crippen LogP contribution in [0.25, 0.3) is 5.57 Å². The Morgan fingerprint density at radius 1 is 1.00 bits per heavy atom. The minimum absolute atomic E-state index is 0.229. The zero-order valence-electron chi connectivity index (χ0n) is 8.19. The minimum Gasteiger partial charge on any atom is -0.296 e. The molecule has 1 aromatic carbocycles. The second-order valence-corrected chi connectivity index (χ2v) is 3.45. The predicted molar refractivity (Wildman–Crippen MR) is 56.8 cm³/mol. The van der Waals surface area contributed by atoms with E-state index in [1.165, 1.54) is 0 Å². The van der Waals surface area contributed by atoms with Crippen LogP contribution in [0.1, 0.15) is 18.4 Å². The Kier molecular flexibility index (Phi) is 2.63. The molecule has 76 valence electrons. The molecule has 1 aliphatic rings. The number of carbonyl (C=O) groups excluding carboxylic acids is 2. The Morgan fingerprint density at radius 3 is 2.47 bits per heavy atom. The molecule has 0 bridgehead atoms. The molecule has 1 aromatic rings. The molecule has 0 unspecified atom stereocenters. The molecule has 2 amide bonds. The average Bonchev–Trinajstić information content (AvgIpc) is 2.41. The summed E-state index contributed by atoms with van der Waals surface area (Å²) in [5.74, 6) is -0.460. The number of hydrogen-bond donors (Lipinski definition) is 1. The van der Waals surface area contributed by atoms with Crippen LogP contribution < -0.4 is 5.32 Å². The smallest absolute Gasteiger partial charge is 0.230 e. The van der Waals surface area contributed by atoms with Crippen molar-refractivity contribution in [3.8, 4) is 0 Å². The van der Waals surface area contributed by atoms with E-state index in [4.69, 9.17) is 0 Å². The van der Waals surface area contributed by atoms with Gasteiger partial charge >= 0.3 is 0 Å². The molecule has 0 aliphatic carbocycles. The molecule has 0 saturated heterocycles. The van der Waals surface area contributed by atoms with Gasteiger partial charge in [0.05, 0.1) is 6.42 Å². The van der Waals surface area contributed by atoms with Crippen molar-refractivity contribution in [1.29, 1.82) is 0 Å². The first-order valence-electron chi connectivity index (χ1n) is 4.83. The highest BCUT2D eigenvalue weighted by Gasteiger charge is 2.15. The molecule has 2 rings (SSSR count). The molecular weight excluding hydrogens is 190 g/mol. The van der Waals surface area contributed by atoms with Crippen molar-refractivity contribution in [3.63, 3.8) is 0 Å². The van der Waals surface area contributed by atoms with E-state index in [1.54, 1.807) is 0 Å². The van der Waals surface area contributed by atoms with Crippen molar-refractivity contribution >= 4 is 17.4 Å². The number of carbonyl (C=O) groups is 2. The second-order valence-electron chi connectivity index (χ2n) is 3.45. The topological polar surface area (TPSA) is 46.2 Å². The lowest BCUT2D eigenvalue weighted by Crippen LogP contribution is -2.27. The summed E-state index contributed by atoms with van der Waals surface area (Å²) in [5, 5.41) is 2.31. The number of nitrogens with one attached hydrogen (secondary N) is 1. The molecule has 0 atom stereocenters. The van der Waals surface area contributed by atoms with Crippen molar-refractivity contribution in [1.82, 2.24) is 5.32 Å². The van der Waals surface area contributed by atoms with Crippen LogP contribution in [0.4, 0.5) is 0 Å². The lowest BCUT2D eigenvalue weighted by Gasteiger charge is -2.03. The highest BCUT2D eigenvalue weighted by molar-refractivity contribution is 6.02. The van der Waals surface area contributed by atoms with Gasteiger partial charge in [0, 0.05) is 6.42 Å². The van der Waals surface area contributed by atoms with Gasteiger partial charge < -0.3 is 0 Å². The van der Waals surface area contributed by atoms with Crippen LogP contribution in [0.15, 0.2) is 36.4 Å². The molecule has 3 heteroatoms. The van der Waals surface area contributed by atoms with Crippen molar-refractivity contribution in [3.05, 3.63) is 42.0 Å². The zero-order valence-corrected chi connectivity index (χ0v) is 8.19. The Labute approximate surface area is 87.8 Å². The van der Waals surface area contributed by atoms with Gasteiger partial charge in [-0.2, -0.15) is 0 Å². The fourth-order valence-electron chi connectivity index (χ4n) is 1.58. The summed E-state index contributed by atoms with van der Waals surface area (Å²) in [6.45, 7) is 0. The average molecular weight is 201 g/mol. The monoisotopic (exact) mass is 201 g/mol. The normalized spacial score (nSPS) is 16.7. The summed E-state index contributed by atoms with van der Waals surface area (Å²) in [4.78, 5) is 22.4. The minimum atomic E-state index is -0.231. The Hall–Kier alpha value is -1.90. The lowest BCUT2D eigenvalue weighted by atomic mass is 10.0. The molecule has 1 aliphatic heterocycles. The van der Waals surface area contributed by atoms with E-state index in [0.717, 1.165) is 11.1 Å². The van der Waals surface area contributed by atoms with E-state index in [0.29, 0.717) is 0 Å². The standard InChI is InChI=1S/C12H11NO2/c14-11-7-6-10(8-12(15)13-11)9-4-2-1-3-5-9/h1-6H,7-8H2,(H,13,14,15). The van der Waals surface area contributed by atoms with Gasteiger partial charge in [-0.15, -0.1) is 0 Å². The Balaban J connectivity index is 2.29. The van der Waals surface area contributed by atoms with E-state index < -0.39 is 0 Å². The largest absolute Gasteiger partial charge is 0.296 e. The number of benzene rings is 1. The highest BCUT2D eigenvalue weighted by atomic mass is 16.2. The summed E-state index contributed by atoms with van der Waals surface area (Å²) >= 11 is 0. The van der Waals surface area contributed by atoms with Crippen LogP contribution in [0.3, 0.4) is 0 Å². The van der Waals surface area contributed by atoms with Gasteiger partial charge in [-0.3, -0.25) is 14.9 Å². The molecule has 15 heavy (non-hydrogen) atoms. The van der Waals surface area contributed by atoms with Gasteiger partial charge in [-0.1, -0.05) is 36.4 Å². The van der Waals surface area contributed by atoms with Crippen molar-refractivity contribution in [2.24, 2.45) is 0 Å². The second kappa shape index (κ2) is 4.09. The molecular formula is C12H11NO2. The maximum Gasteiger partial charge on any atom is 0.230 e. The van der Waals surface area contributed by atoms with Crippen molar-refractivity contribution in [2.75, 3.05) is 0 Å². The van der Waals surface area contributed by atoms with Gasteiger partial charge in [0.15, 0.2) is 0 Å². The van der Waals surface area contributed by atoms with E-state index in [-0.39, 0.29) is 24.7 Å². The molecule has 0 radical (unpaired) electrons. The third kappa shape index (κ3) is 2.31. The van der Waals surface area contributed by atoms with Crippen LogP contribution >= 0.6 is 0 Å². The van der Waals surface area contributed by atoms with E-state index >= 15 is 0 Å². The van der Waals surface area contributed by atoms with Gasteiger partial charge in [-0.25, -0.2) is 0 Å². The summed E-state index contributed by atoms with van der Waals surface area (Å²) in [6, 6.07) is 9.64. The molecule has 1 N–H and O–H groups in total. The zero-order chi connectivity index (χ0) is 10.7. The van der Waals surface area contributed by atoms with Crippen LogP contribution in [0.5, 0.6) is 0 Å².